The summed E-state index contributed by atoms with van der Waals surface area (Å²) in [6.07, 6.45) is -1.17. The molecule has 0 aliphatic rings. The molecule has 0 aromatic heterocycles. The SMILES string of the molecule is CCN(CC(O)COc1ccccc1C(C)=O)S(=O)(=O)[O-].[Na+]. The molecular formula is C13H18NNaO6S. The molecule has 1 N–H and O–H groups in total. The number of hydrogen-bond acceptors (Lipinski definition) is 6. The average molecular weight is 339 g/mol. The summed E-state index contributed by atoms with van der Waals surface area (Å²) in [7, 11) is -4.60. The number of carbonyl (C=O) groups excluding carboxylic acids is 1. The molecule has 0 aliphatic carbocycles. The number of aliphatic hydroxyl groups excluding tert-OH is 1. The van der Waals surface area contributed by atoms with Gasteiger partial charge < -0.3 is 14.4 Å². The van der Waals surface area contributed by atoms with Crippen LogP contribution in [0.5, 0.6) is 5.75 Å². The summed E-state index contributed by atoms with van der Waals surface area (Å²) >= 11 is 0. The molecule has 0 aliphatic heterocycles. The van der Waals surface area contributed by atoms with Crippen LogP contribution in [-0.4, -0.2) is 54.0 Å². The average Bonchev–Trinajstić information content (AvgIpc) is 2.41. The summed E-state index contributed by atoms with van der Waals surface area (Å²) < 4.78 is 38.6. The van der Waals surface area contributed by atoms with Crippen molar-refractivity contribution >= 4 is 16.1 Å². The monoisotopic (exact) mass is 339 g/mol. The Hall–Kier alpha value is -0.480. The third kappa shape index (κ3) is 6.74. The number of nitrogens with zero attached hydrogens (tertiary/aromatic N) is 1. The zero-order chi connectivity index (χ0) is 16.0. The molecule has 0 saturated carbocycles. The van der Waals surface area contributed by atoms with E-state index in [1.807, 2.05) is 0 Å². The molecule has 0 saturated heterocycles. The topological polar surface area (TPSA) is 107 Å². The number of benzene rings is 1. The van der Waals surface area contributed by atoms with Gasteiger partial charge in [-0.3, -0.25) is 4.79 Å². The summed E-state index contributed by atoms with van der Waals surface area (Å²) in [6.45, 7) is 2.27. The molecular weight excluding hydrogens is 321 g/mol. The van der Waals surface area contributed by atoms with E-state index >= 15 is 0 Å². The van der Waals surface area contributed by atoms with E-state index < -0.39 is 16.4 Å². The van der Waals surface area contributed by atoms with Gasteiger partial charge in [0.2, 0.25) is 0 Å². The van der Waals surface area contributed by atoms with Gasteiger partial charge >= 0.3 is 29.6 Å². The zero-order valence-corrected chi connectivity index (χ0v) is 15.7. The van der Waals surface area contributed by atoms with Gasteiger partial charge in [0.15, 0.2) is 16.1 Å². The van der Waals surface area contributed by atoms with Crippen LogP contribution in [0.4, 0.5) is 0 Å². The molecule has 1 rings (SSSR count). The normalized spacial score (nSPS) is 12.6. The molecule has 1 aromatic carbocycles. The molecule has 0 bridgehead atoms. The van der Waals surface area contributed by atoms with Crippen LogP contribution in [0.1, 0.15) is 24.2 Å². The van der Waals surface area contributed by atoms with Crippen molar-refractivity contribution < 1.29 is 57.2 Å². The predicted octanol–water partition coefficient (Wildman–Crippen LogP) is -2.58. The number of ether oxygens (including phenoxy) is 1. The molecule has 1 aromatic rings. The number of aliphatic hydroxyl groups is 1. The zero-order valence-electron chi connectivity index (χ0n) is 12.9. The van der Waals surface area contributed by atoms with Gasteiger partial charge in [-0.25, -0.2) is 12.7 Å². The summed E-state index contributed by atoms with van der Waals surface area (Å²) in [5.41, 5.74) is 0.369. The van der Waals surface area contributed by atoms with E-state index in [2.05, 4.69) is 0 Å². The van der Waals surface area contributed by atoms with Crippen LogP contribution in [0.15, 0.2) is 24.3 Å². The summed E-state index contributed by atoms with van der Waals surface area (Å²) in [6, 6.07) is 6.52. The van der Waals surface area contributed by atoms with E-state index in [0.29, 0.717) is 15.6 Å². The van der Waals surface area contributed by atoms with Crippen LogP contribution >= 0.6 is 0 Å². The number of hydrogen-bond donors (Lipinski definition) is 1. The molecule has 1 unspecified atom stereocenters. The van der Waals surface area contributed by atoms with E-state index in [-0.39, 0.29) is 55.0 Å². The first kappa shape index (κ1) is 21.5. The Morgan fingerprint density at radius 3 is 2.50 bits per heavy atom. The Morgan fingerprint density at radius 2 is 2.00 bits per heavy atom. The third-order valence-electron chi connectivity index (χ3n) is 2.78. The smallest absolute Gasteiger partial charge is 0.735 e. The Kier molecular flexibility index (Phi) is 9.40. The number of ketones is 1. The molecule has 1 atom stereocenters. The molecule has 0 heterocycles. The van der Waals surface area contributed by atoms with E-state index in [9.17, 15) is 22.9 Å². The number of carbonyl (C=O) groups is 1. The fraction of sp³-hybridized carbons (Fsp3) is 0.462. The standard InChI is InChI=1S/C13H19NO6S.Na/c1-3-14(21(17,18)19)8-11(16)9-20-13-7-5-4-6-12(13)10(2)15;/h4-7,11,16H,3,8-9H2,1-2H3,(H,17,18,19);/q;+1/p-1. The van der Waals surface area contributed by atoms with Gasteiger partial charge in [0, 0.05) is 13.1 Å². The molecule has 0 radical (unpaired) electrons. The maximum absolute atomic E-state index is 11.4. The molecule has 22 heavy (non-hydrogen) atoms. The fourth-order valence-corrected chi connectivity index (χ4v) is 2.41. The Balaban J connectivity index is 0.00000441. The summed E-state index contributed by atoms with van der Waals surface area (Å²) in [4.78, 5) is 11.4. The molecule has 118 valence electrons. The van der Waals surface area contributed by atoms with Crippen molar-refractivity contribution in [3.8, 4) is 5.75 Å². The number of para-hydroxylation sites is 1. The predicted molar refractivity (Wildman–Crippen MR) is 74.9 cm³/mol. The van der Waals surface area contributed by atoms with Gasteiger partial charge in [0.05, 0.1) is 5.56 Å². The Bertz CT molecular complexity index is 592. The molecule has 0 fully saturated rings. The second-order valence-electron chi connectivity index (χ2n) is 4.43. The van der Waals surface area contributed by atoms with Crippen molar-refractivity contribution in [2.45, 2.75) is 20.0 Å². The van der Waals surface area contributed by atoms with Gasteiger partial charge in [0.1, 0.15) is 18.5 Å². The van der Waals surface area contributed by atoms with Gasteiger partial charge in [0.25, 0.3) is 0 Å². The maximum Gasteiger partial charge on any atom is 1.00 e. The quantitative estimate of drug-likeness (QED) is 0.317. The first-order chi connectivity index (χ1) is 9.75. The van der Waals surface area contributed by atoms with Crippen molar-refractivity contribution in [2.24, 2.45) is 0 Å². The van der Waals surface area contributed by atoms with Crippen LogP contribution < -0.4 is 34.3 Å². The van der Waals surface area contributed by atoms with E-state index in [1.54, 1.807) is 24.3 Å². The van der Waals surface area contributed by atoms with Crippen molar-refractivity contribution in [3.63, 3.8) is 0 Å². The Morgan fingerprint density at radius 1 is 1.41 bits per heavy atom. The number of Topliss-reactive ketones (excluding diaryl/α,β-unsaturated/α-hetero) is 1. The largest absolute Gasteiger partial charge is 1.00 e. The van der Waals surface area contributed by atoms with Gasteiger partial charge in [-0.05, 0) is 19.1 Å². The van der Waals surface area contributed by atoms with Crippen molar-refractivity contribution in [2.75, 3.05) is 19.7 Å². The van der Waals surface area contributed by atoms with Crippen molar-refractivity contribution in [3.05, 3.63) is 29.8 Å². The summed E-state index contributed by atoms with van der Waals surface area (Å²) in [5.74, 6) is 0.120. The first-order valence-corrected chi connectivity index (χ1v) is 7.74. The van der Waals surface area contributed by atoms with Gasteiger partial charge in [-0.15, -0.1) is 0 Å². The van der Waals surface area contributed by atoms with E-state index in [0.717, 1.165) is 0 Å². The minimum absolute atomic E-state index is 0. The van der Waals surface area contributed by atoms with Crippen LogP contribution in [-0.2, 0) is 10.3 Å². The number of rotatable bonds is 8. The molecule has 0 amide bonds. The van der Waals surface area contributed by atoms with Crippen LogP contribution in [0, 0.1) is 0 Å². The van der Waals surface area contributed by atoms with E-state index in [4.69, 9.17) is 4.74 Å². The minimum atomic E-state index is -4.60. The maximum atomic E-state index is 11.4. The van der Waals surface area contributed by atoms with Crippen LogP contribution in [0.25, 0.3) is 0 Å². The molecule has 9 heteroatoms. The first-order valence-electron chi connectivity index (χ1n) is 6.37. The molecule has 7 nitrogen and oxygen atoms in total. The third-order valence-corrected chi connectivity index (χ3v) is 3.82. The molecule has 0 spiro atoms. The summed E-state index contributed by atoms with van der Waals surface area (Å²) in [5, 5.41) is 9.75. The van der Waals surface area contributed by atoms with Crippen LogP contribution in [0.3, 0.4) is 0 Å². The van der Waals surface area contributed by atoms with Crippen molar-refractivity contribution in [1.29, 1.82) is 0 Å². The second-order valence-corrected chi connectivity index (χ2v) is 5.80. The second kappa shape index (κ2) is 9.61. The fourth-order valence-electron chi connectivity index (χ4n) is 1.74. The van der Waals surface area contributed by atoms with Crippen LogP contribution in [0.2, 0.25) is 0 Å². The van der Waals surface area contributed by atoms with Crippen molar-refractivity contribution in [1.82, 2.24) is 4.31 Å². The van der Waals surface area contributed by atoms with Gasteiger partial charge in [-0.1, -0.05) is 19.1 Å². The Labute approximate surface area is 152 Å². The van der Waals surface area contributed by atoms with E-state index in [1.165, 1.54) is 13.8 Å². The minimum Gasteiger partial charge on any atom is -0.735 e. The number of likely N-dealkylation sites (N-methyl/N-ethyl adjacent to an activating group) is 1. The van der Waals surface area contributed by atoms with Gasteiger partial charge in [-0.2, -0.15) is 0 Å².